The van der Waals surface area contributed by atoms with Crippen LogP contribution in [0.4, 0.5) is 0 Å². The fourth-order valence-corrected chi connectivity index (χ4v) is 0.925. The SMILES string of the molecule is O=C(Oc1ccncc1)C1CC1. The Labute approximate surface area is 70.4 Å². The molecule has 0 bridgehead atoms. The van der Waals surface area contributed by atoms with E-state index in [1.54, 1.807) is 24.5 Å². The van der Waals surface area contributed by atoms with Crippen molar-refractivity contribution in [2.75, 3.05) is 0 Å². The van der Waals surface area contributed by atoms with Gasteiger partial charge in [-0.1, -0.05) is 0 Å². The predicted octanol–water partition coefficient (Wildman–Crippen LogP) is 1.40. The van der Waals surface area contributed by atoms with Crippen molar-refractivity contribution in [3.63, 3.8) is 0 Å². The molecular formula is C9H9NO2. The number of carbonyl (C=O) groups is 1. The molecule has 1 aliphatic carbocycles. The summed E-state index contributed by atoms with van der Waals surface area (Å²) in [4.78, 5) is 15.0. The van der Waals surface area contributed by atoms with Gasteiger partial charge in [-0.3, -0.25) is 9.78 Å². The first kappa shape index (κ1) is 7.28. The number of carbonyl (C=O) groups excluding carboxylic acids is 1. The Bertz CT molecular complexity index is 280. The van der Waals surface area contributed by atoms with Gasteiger partial charge in [0.1, 0.15) is 5.75 Å². The molecule has 0 N–H and O–H groups in total. The Morgan fingerprint density at radius 1 is 1.42 bits per heavy atom. The van der Waals surface area contributed by atoms with Gasteiger partial charge in [-0.05, 0) is 25.0 Å². The van der Waals surface area contributed by atoms with Crippen LogP contribution < -0.4 is 4.74 Å². The minimum Gasteiger partial charge on any atom is -0.426 e. The Morgan fingerprint density at radius 2 is 2.08 bits per heavy atom. The van der Waals surface area contributed by atoms with Gasteiger partial charge in [-0.25, -0.2) is 0 Å². The maximum absolute atomic E-state index is 11.1. The van der Waals surface area contributed by atoms with Crippen molar-refractivity contribution in [2.45, 2.75) is 12.8 Å². The van der Waals surface area contributed by atoms with Crippen LogP contribution in [0.2, 0.25) is 0 Å². The fraction of sp³-hybridized carbons (Fsp3) is 0.333. The molecule has 0 aliphatic heterocycles. The van der Waals surface area contributed by atoms with Crippen molar-refractivity contribution in [3.8, 4) is 5.75 Å². The number of esters is 1. The van der Waals surface area contributed by atoms with Crippen LogP contribution >= 0.6 is 0 Å². The van der Waals surface area contributed by atoms with Crippen molar-refractivity contribution in [2.24, 2.45) is 5.92 Å². The summed E-state index contributed by atoms with van der Waals surface area (Å²) in [6, 6.07) is 3.36. The minimum absolute atomic E-state index is 0.110. The zero-order valence-corrected chi connectivity index (χ0v) is 6.56. The Kier molecular flexibility index (Phi) is 1.78. The first-order valence-electron chi connectivity index (χ1n) is 3.98. The van der Waals surface area contributed by atoms with Crippen LogP contribution in [0, 0.1) is 5.92 Å². The van der Waals surface area contributed by atoms with Gasteiger partial charge in [0.2, 0.25) is 0 Å². The Balaban J connectivity index is 1.98. The van der Waals surface area contributed by atoms with E-state index in [0.29, 0.717) is 5.75 Å². The zero-order chi connectivity index (χ0) is 8.39. The van der Waals surface area contributed by atoms with Gasteiger partial charge in [0.15, 0.2) is 0 Å². The molecule has 3 nitrogen and oxygen atoms in total. The highest BCUT2D eigenvalue weighted by Gasteiger charge is 2.31. The van der Waals surface area contributed by atoms with Gasteiger partial charge in [-0.15, -0.1) is 0 Å². The second kappa shape index (κ2) is 2.93. The van der Waals surface area contributed by atoms with Gasteiger partial charge in [0.25, 0.3) is 0 Å². The van der Waals surface area contributed by atoms with Crippen LogP contribution in [0.15, 0.2) is 24.5 Å². The highest BCUT2D eigenvalue weighted by atomic mass is 16.5. The first-order chi connectivity index (χ1) is 5.86. The highest BCUT2D eigenvalue weighted by molar-refractivity contribution is 5.77. The summed E-state index contributed by atoms with van der Waals surface area (Å²) in [7, 11) is 0. The van der Waals surface area contributed by atoms with E-state index in [-0.39, 0.29) is 11.9 Å². The van der Waals surface area contributed by atoms with Crippen molar-refractivity contribution in [3.05, 3.63) is 24.5 Å². The molecule has 12 heavy (non-hydrogen) atoms. The predicted molar refractivity (Wildman–Crippen MR) is 42.6 cm³/mol. The number of pyridine rings is 1. The number of hydrogen-bond acceptors (Lipinski definition) is 3. The van der Waals surface area contributed by atoms with Crippen LogP contribution in [-0.4, -0.2) is 11.0 Å². The number of rotatable bonds is 2. The summed E-state index contributed by atoms with van der Waals surface area (Å²) in [6.07, 6.45) is 5.17. The lowest BCUT2D eigenvalue weighted by Gasteiger charge is -2.00. The molecule has 0 saturated heterocycles. The average Bonchev–Trinajstić information content (AvgIpc) is 2.88. The van der Waals surface area contributed by atoms with E-state index in [9.17, 15) is 4.79 Å². The molecule has 3 heteroatoms. The van der Waals surface area contributed by atoms with Crippen LogP contribution in [0.3, 0.4) is 0 Å². The molecule has 1 aliphatic rings. The number of aromatic nitrogens is 1. The number of ether oxygens (including phenoxy) is 1. The van der Waals surface area contributed by atoms with Crippen molar-refractivity contribution in [1.29, 1.82) is 0 Å². The van der Waals surface area contributed by atoms with E-state index < -0.39 is 0 Å². The van der Waals surface area contributed by atoms with Crippen LogP contribution in [0.1, 0.15) is 12.8 Å². The fourth-order valence-electron chi connectivity index (χ4n) is 0.925. The molecule has 0 spiro atoms. The Morgan fingerprint density at radius 3 is 2.67 bits per heavy atom. The lowest BCUT2D eigenvalue weighted by Crippen LogP contribution is -2.09. The topological polar surface area (TPSA) is 39.2 Å². The normalized spacial score (nSPS) is 15.7. The van der Waals surface area contributed by atoms with Crippen molar-refractivity contribution >= 4 is 5.97 Å². The van der Waals surface area contributed by atoms with E-state index in [4.69, 9.17) is 4.74 Å². The molecule has 1 saturated carbocycles. The summed E-state index contributed by atoms with van der Waals surface area (Å²) in [5, 5.41) is 0. The molecule has 1 fully saturated rings. The summed E-state index contributed by atoms with van der Waals surface area (Å²) >= 11 is 0. The second-order valence-electron chi connectivity index (χ2n) is 2.88. The first-order valence-corrected chi connectivity index (χ1v) is 3.98. The number of nitrogens with zero attached hydrogens (tertiary/aromatic N) is 1. The third-order valence-electron chi connectivity index (χ3n) is 1.78. The van der Waals surface area contributed by atoms with E-state index in [2.05, 4.69) is 4.98 Å². The molecule has 0 unspecified atom stereocenters. The van der Waals surface area contributed by atoms with Gasteiger partial charge in [-0.2, -0.15) is 0 Å². The van der Waals surface area contributed by atoms with Gasteiger partial charge in [0.05, 0.1) is 5.92 Å². The van der Waals surface area contributed by atoms with Gasteiger partial charge in [0, 0.05) is 12.4 Å². The summed E-state index contributed by atoms with van der Waals surface area (Å²) < 4.78 is 5.06. The summed E-state index contributed by atoms with van der Waals surface area (Å²) in [6.45, 7) is 0. The maximum atomic E-state index is 11.1. The molecule has 0 aromatic carbocycles. The molecule has 1 aromatic heterocycles. The summed E-state index contributed by atoms with van der Waals surface area (Å²) in [5.74, 6) is 0.626. The lowest BCUT2D eigenvalue weighted by atomic mass is 10.4. The van der Waals surface area contributed by atoms with E-state index in [1.165, 1.54) is 0 Å². The third-order valence-corrected chi connectivity index (χ3v) is 1.78. The van der Waals surface area contributed by atoms with E-state index in [0.717, 1.165) is 12.8 Å². The van der Waals surface area contributed by atoms with Crippen molar-refractivity contribution in [1.82, 2.24) is 4.98 Å². The van der Waals surface area contributed by atoms with Gasteiger partial charge >= 0.3 is 5.97 Å². The third kappa shape index (κ3) is 1.61. The van der Waals surface area contributed by atoms with Crippen LogP contribution in [0.25, 0.3) is 0 Å². The standard InChI is InChI=1S/C9H9NO2/c11-9(7-1-2-7)12-8-3-5-10-6-4-8/h3-7H,1-2H2. The second-order valence-corrected chi connectivity index (χ2v) is 2.88. The van der Waals surface area contributed by atoms with Crippen LogP contribution in [-0.2, 0) is 4.79 Å². The minimum atomic E-state index is -0.110. The van der Waals surface area contributed by atoms with Crippen LogP contribution in [0.5, 0.6) is 5.75 Å². The lowest BCUT2D eigenvalue weighted by molar-refractivity contribution is -0.135. The highest BCUT2D eigenvalue weighted by Crippen LogP contribution is 2.30. The molecule has 0 radical (unpaired) electrons. The zero-order valence-electron chi connectivity index (χ0n) is 6.56. The quantitative estimate of drug-likeness (QED) is 0.618. The van der Waals surface area contributed by atoms with Gasteiger partial charge < -0.3 is 4.74 Å². The molecule has 62 valence electrons. The molecule has 0 amide bonds. The van der Waals surface area contributed by atoms with E-state index >= 15 is 0 Å². The van der Waals surface area contributed by atoms with E-state index in [1.807, 2.05) is 0 Å². The molecular weight excluding hydrogens is 154 g/mol. The molecule has 2 rings (SSSR count). The molecule has 0 atom stereocenters. The maximum Gasteiger partial charge on any atom is 0.314 e. The smallest absolute Gasteiger partial charge is 0.314 e. The monoisotopic (exact) mass is 163 g/mol. The number of hydrogen-bond donors (Lipinski definition) is 0. The average molecular weight is 163 g/mol. The summed E-state index contributed by atoms with van der Waals surface area (Å²) in [5.41, 5.74) is 0. The Hall–Kier alpha value is -1.38. The molecule has 1 heterocycles. The molecule has 1 aromatic rings. The largest absolute Gasteiger partial charge is 0.426 e. The van der Waals surface area contributed by atoms with Crippen molar-refractivity contribution < 1.29 is 9.53 Å².